The monoisotopic (exact) mass is 470 g/mol. The first-order chi connectivity index (χ1) is 14.5. The molecule has 2 amide bonds. The Hall–Kier alpha value is -3.04. The van der Waals surface area contributed by atoms with Crippen LogP contribution in [0.25, 0.3) is 5.69 Å². The maximum Gasteiger partial charge on any atom is 0.434 e. The van der Waals surface area contributed by atoms with Crippen LogP contribution in [0.3, 0.4) is 0 Å². The molecule has 31 heavy (non-hydrogen) atoms. The highest BCUT2D eigenvalue weighted by Gasteiger charge is 2.40. The molecule has 0 fully saturated rings. The molecular weight excluding hydrogens is 456 g/mol. The Morgan fingerprint density at radius 3 is 2.42 bits per heavy atom. The van der Waals surface area contributed by atoms with Crippen LogP contribution in [-0.2, 0) is 6.18 Å². The molecule has 0 radical (unpaired) electrons. The molecule has 162 valence electrons. The van der Waals surface area contributed by atoms with Gasteiger partial charge in [0.2, 0.25) is 0 Å². The minimum atomic E-state index is -4.89. The summed E-state index contributed by atoms with van der Waals surface area (Å²) in [5, 5.41) is 6.32. The Morgan fingerprint density at radius 2 is 1.81 bits per heavy atom. The summed E-state index contributed by atoms with van der Waals surface area (Å²) in [6.45, 7) is 0. The Kier molecular flexibility index (Phi) is 6.28. The van der Waals surface area contributed by atoms with Gasteiger partial charge in [-0.15, -0.1) is 0 Å². The number of halogens is 5. The van der Waals surface area contributed by atoms with Gasteiger partial charge in [-0.25, -0.2) is 4.68 Å². The van der Waals surface area contributed by atoms with Crippen molar-refractivity contribution < 1.29 is 22.8 Å². The van der Waals surface area contributed by atoms with Crippen molar-refractivity contribution in [1.29, 1.82) is 0 Å². The van der Waals surface area contributed by atoms with Crippen molar-refractivity contribution in [2.24, 2.45) is 0 Å². The second-order valence-electron chi connectivity index (χ2n) is 6.64. The highest BCUT2D eigenvalue weighted by atomic mass is 35.5. The van der Waals surface area contributed by atoms with Crippen LogP contribution in [-0.4, -0.2) is 40.6 Å². The number of benzene rings is 2. The Morgan fingerprint density at radius 1 is 1.10 bits per heavy atom. The molecule has 6 nitrogen and oxygen atoms in total. The Bertz CT molecular complexity index is 1160. The van der Waals surface area contributed by atoms with E-state index in [-0.39, 0.29) is 32.9 Å². The molecule has 1 N–H and O–H groups in total. The molecule has 0 spiro atoms. The maximum atomic E-state index is 13.8. The normalized spacial score (nSPS) is 11.3. The summed E-state index contributed by atoms with van der Waals surface area (Å²) in [7, 11) is 3.07. The quantitative estimate of drug-likeness (QED) is 0.573. The zero-order valence-corrected chi connectivity index (χ0v) is 17.7. The third-order valence-corrected chi connectivity index (χ3v) is 4.77. The fourth-order valence-corrected chi connectivity index (χ4v) is 3.14. The molecule has 3 aromatic rings. The van der Waals surface area contributed by atoms with Gasteiger partial charge in [-0.05, 0) is 36.4 Å². The van der Waals surface area contributed by atoms with Gasteiger partial charge in [0.25, 0.3) is 11.8 Å². The van der Waals surface area contributed by atoms with E-state index in [2.05, 4.69) is 10.4 Å². The molecule has 1 aromatic heterocycles. The number of rotatable bonds is 4. The van der Waals surface area contributed by atoms with Gasteiger partial charge in [0.05, 0.1) is 28.2 Å². The van der Waals surface area contributed by atoms with Crippen LogP contribution >= 0.6 is 23.2 Å². The zero-order chi connectivity index (χ0) is 22.9. The van der Waals surface area contributed by atoms with E-state index in [4.69, 9.17) is 23.2 Å². The summed E-state index contributed by atoms with van der Waals surface area (Å²) >= 11 is 11.9. The minimum absolute atomic E-state index is 0.0111. The van der Waals surface area contributed by atoms with E-state index in [1.54, 1.807) is 0 Å². The lowest BCUT2D eigenvalue weighted by atomic mass is 10.1. The summed E-state index contributed by atoms with van der Waals surface area (Å²) in [5.74, 6) is -1.45. The van der Waals surface area contributed by atoms with Crippen LogP contribution in [0.2, 0.25) is 10.0 Å². The van der Waals surface area contributed by atoms with Crippen molar-refractivity contribution in [3.05, 3.63) is 75.5 Å². The molecule has 2 aromatic carbocycles. The number of amides is 2. The second-order valence-corrected chi connectivity index (χ2v) is 7.49. The van der Waals surface area contributed by atoms with Crippen molar-refractivity contribution in [3.63, 3.8) is 0 Å². The number of nitrogens with one attached hydrogen (secondary N) is 1. The number of carbonyl (C=O) groups excluding carboxylic acids is 2. The molecule has 0 aliphatic carbocycles. The first-order valence-electron chi connectivity index (χ1n) is 8.72. The molecular formula is C20H15Cl2F3N4O2. The van der Waals surface area contributed by atoms with Crippen molar-refractivity contribution in [2.45, 2.75) is 6.18 Å². The summed E-state index contributed by atoms with van der Waals surface area (Å²) in [5.41, 5.74) is -1.76. The topological polar surface area (TPSA) is 67.2 Å². The fraction of sp³-hybridized carbons (Fsp3) is 0.150. The van der Waals surface area contributed by atoms with Gasteiger partial charge in [-0.1, -0.05) is 29.3 Å². The van der Waals surface area contributed by atoms with Crippen molar-refractivity contribution in [3.8, 4) is 5.69 Å². The predicted octanol–water partition coefficient (Wildman–Crippen LogP) is 5.15. The van der Waals surface area contributed by atoms with Crippen LogP contribution in [0.5, 0.6) is 0 Å². The molecule has 1 heterocycles. The molecule has 0 saturated carbocycles. The van der Waals surface area contributed by atoms with E-state index in [0.717, 1.165) is 6.20 Å². The van der Waals surface area contributed by atoms with E-state index in [9.17, 15) is 22.8 Å². The van der Waals surface area contributed by atoms with Gasteiger partial charge in [0.1, 0.15) is 0 Å². The van der Waals surface area contributed by atoms with Crippen molar-refractivity contribution >= 4 is 40.7 Å². The minimum Gasteiger partial charge on any atom is -0.345 e. The lowest BCUT2D eigenvalue weighted by Crippen LogP contribution is -2.23. The molecule has 0 unspecified atom stereocenters. The Labute approximate surface area is 185 Å². The highest BCUT2D eigenvalue weighted by molar-refractivity contribution is 6.34. The average molecular weight is 471 g/mol. The molecule has 3 rings (SSSR count). The molecule has 0 atom stereocenters. The van der Waals surface area contributed by atoms with Crippen LogP contribution in [0.4, 0.5) is 18.9 Å². The second kappa shape index (κ2) is 8.60. The summed E-state index contributed by atoms with van der Waals surface area (Å²) in [6, 6.07) is 9.73. The maximum absolute atomic E-state index is 13.8. The van der Waals surface area contributed by atoms with Crippen LogP contribution in [0, 0.1) is 0 Å². The number of hydrogen-bond acceptors (Lipinski definition) is 3. The van der Waals surface area contributed by atoms with Gasteiger partial charge in [0.15, 0.2) is 5.69 Å². The van der Waals surface area contributed by atoms with E-state index >= 15 is 0 Å². The number of alkyl halides is 3. The van der Waals surface area contributed by atoms with Crippen LogP contribution < -0.4 is 5.32 Å². The van der Waals surface area contributed by atoms with E-state index in [1.807, 2.05) is 0 Å². The van der Waals surface area contributed by atoms with E-state index in [1.165, 1.54) is 61.5 Å². The largest absolute Gasteiger partial charge is 0.434 e. The van der Waals surface area contributed by atoms with Crippen LogP contribution in [0.15, 0.2) is 48.7 Å². The zero-order valence-electron chi connectivity index (χ0n) is 16.2. The van der Waals surface area contributed by atoms with Gasteiger partial charge in [-0.2, -0.15) is 18.3 Å². The lowest BCUT2D eigenvalue weighted by molar-refractivity contribution is -0.143. The predicted molar refractivity (Wildman–Crippen MR) is 111 cm³/mol. The highest BCUT2D eigenvalue weighted by Crippen LogP contribution is 2.35. The first kappa shape index (κ1) is 22.6. The number of carbonyl (C=O) groups is 2. The summed E-state index contributed by atoms with van der Waals surface area (Å²) < 4.78 is 42.0. The van der Waals surface area contributed by atoms with E-state index in [0.29, 0.717) is 4.68 Å². The van der Waals surface area contributed by atoms with Gasteiger partial charge >= 0.3 is 6.18 Å². The SMILES string of the molecule is CN(C)C(=O)c1ccc(Cl)c(NC(=O)c2cnn(-c3cccc(Cl)c3)c2C(F)(F)F)c1. The standard InChI is InChI=1S/C20H15Cl2F3N4O2/c1-28(2)19(31)11-6-7-15(22)16(8-11)27-18(30)14-10-26-29(17(14)20(23,24)25)13-5-3-4-12(21)9-13/h3-10H,1-2H3,(H,27,30). The van der Waals surface area contributed by atoms with Crippen molar-refractivity contribution in [2.75, 3.05) is 19.4 Å². The summed E-state index contributed by atoms with van der Waals surface area (Å²) in [6.07, 6.45) is -4.08. The average Bonchev–Trinajstić information content (AvgIpc) is 3.15. The number of nitrogens with zero attached hydrogens (tertiary/aromatic N) is 3. The smallest absolute Gasteiger partial charge is 0.345 e. The number of anilines is 1. The molecule has 0 bridgehead atoms. The van der Waals surface area contributed by atoms with Gasteiger partial charge in [-0.3, -0.25) is 9.59 Å². The lowest BCUT2D eigenvalue weighted by Gasteiger charge is -2.14. The van der Waals surface area contributed by atoms with Crippen molar-refractivity contribution in [1.82, 2.24) is 14.7 Å². The fourth-order valence-electron chi connectivity index (χ4n) is 2.79. The van der Waals surface area contributed by atoms with Gasteiger partial charge < -0.3 is 10.2 Å². The number of aromatic nitrogens is 2. The first-order valence-corrected chi connectivity index (χ1v) is 9.48. The van der Waals surface area contributed by atoms with Gasteiger partial charge in [0, 0.05) is 24.7 Å². The van der Waals surface area contributed by atoms with E-state index < -0.39 is 23.3 Å². The molecule has 0 saturated heterocycles. The Balaban J connectivity index is 2.02. The summed E-state index contributed by atoms with van der Waals surface area (Å²) in [4.78, 5) is 26.2. The third kappa shape index (κ3) is 4.83. The van der Waals surface area contributed by atoms with Crippen LogP contribution in [0.1, 0.15) is 26.4 Å². The molecule has 11 heteroatoms. The number of hydrogen-bond donors (Lipinski definition) is 1. The molecule has 0 aliphatic rings. The third-order valence-electron chi connectivity index (χ3n) is 4.20. The molecule has 0 aliphatic heterocycles.